The Morgan fingerprint density at radius 1 is 1.09 bits per heavy atom. The third kappa shape index (κ3) is 3.86. The molecule has 4 heterocycles. The second-order valence-electron chi connectivity index (χ2n) is 9.54. The third-order valence-electron chi connectivity index (χ3n) is 7.23. The maximum Gasteiger partial charge on any atom is 0.261 e. The van der Waals surface area contributed by atoms with E-state index in [1.165, 1.54) is 11.1 Å². The molecule has 0 amide bonds. The van der Waals surface area contributed by atoms with Gasteiger partial charge in [0, 0.05) is 19.1 Å². The van der Waals surface area contributed by atoms with E-state index in [1.807, 2.05) is 11.4 Å². The zero-order valence-corrected chi connectivity index (χ0v) is 19.6. The number of nitrogens with one attached hydrogen (secondary N) is 3. The summed E-state index contributed by atoms with van der Waals surface area (Å²) in [5, 5.41) is 15.6. The van der Waals surface area contributed by atoms with Gasteiger partial charge in [-0.3, -0.25) is 4.79 Å². The molecular formula is C25H29N5O2S. The van der Waals surface area contributed by atoms with Crippen LogP contribution >= 0.6 is 11.3 Å². The zero-order valence-electron chi connectivity index (χ0n) is 18.8. The van der Waals surface area contributed by atoms with Crippen LogP contribution in [-0.4, -0.2) is 57.2 Å². The van der Waals surface area contributed by atoms with Gasteiger partial charge in [-0.2, -0.15) is 0 Å². The molecule has 33 heavy (non-hydrogen) atoms. The topological polar surface area (TPSA) is 97.0 Å². The first kappa shape index (κ1) is 20.9. The first-order chi connectivity index (χ1) is 16.0. The Balaban J connectivity index is 1.45. The summed E-state index contributed by atoms with van der Waals surface area (Å²) in [6, 6.07) is 6.59. The number of aliphatic hydroxyl groups is 1. The predicted molar refractivity (Wildman–Crippen MR) is 134 cm³/mol. The highest BCUT2D eigenvalue weighted by Crippen LogP contribution is 2.36. The zero-order chi connectivity index (χ0) is 22.5. The molecule has 8 heteroatoms. The summed E-state index contributed by atoms with van der Waals surface area (Å²) in [4.78, 5) is 27.0. The Hall–Kier alpha value is -2.68. The predicted octanol–water partition coefficient (Wildman–Crippen LogP) is 3.88. The molecule has 0 unspecified atom stereocenters. The molecule has 6 rings (SSSR count). The number of aromatic amines is 2. The monoisotopic (exact) mass is 463 g/mol. The summed E-state index contributed by atoms with van der Waals surface area (Å²) in [5.41, 5.74) is 6.74. The molecule has 172 valence electrons. The van der Waals surface area contributed by atoms with E-state index in [9.17, 15) is 9.90 Å². The van der Waals surface area contributed by atoms with E-state index in [2.05, 4.69) is 39.4 Å². The lowest BCUT2D eigenvalue weighted by Gasteiger charge is -2.27. The van der Waals surface area contributed by atoms with Crippen LogP contribution in [0.1, 0.15) is 36.8 Å². The number of aliphatic hydroxyl groups excluding tert-OH is 1. The van der Waals surface area contributed by atoms with E-state index in [0.717, 1.165) is 78.6 Å². The van der Waals surface area contributed by atoms with Crippen LogP contribution in [0.25, 0.3) is 32.6 Å². The summed E-state index contributed by atoms with van der Waals surface area (Å²) in [6.45, 7) is 2.10. The van der Waals surface area contributed by atoms with Crippen molar-refractivity contribution < 1.29 is 5.11 Å². The summed E-state index contributed by atoms with van der Waals surface area (Å²) < 4.78 is 1.04. The fraction of sp³-hybridized carbons (Fsp3) is 0.440. The number of hydrogen-bond donors (Lipinski definition) is 4. The van der Waals surface area contributed by atoms with Gasteiger partial charge in [-0.15, -0.1) is 11.3 Å². The lowest BCUT2D eigenvalue weighted by atomic mass is 9.93. The first-order valence-corrected chi connectivity index (χ1v) is 12.7. The Labute approximate surface area is 195 Å². The molecule has 0 atom stereocenters. The number of imidazole rings is 1. The number of H-pyrrole nitrogens is 2. The molecule has 1 aliphatic carbocycles. The summed E-state index contributed by atoms with van der Waals surface area (Å²) >= 11 is 1.62. The van der Waals surface area contributed by atoms with E-state index in [0.29, 0.717) is 11.4 Å². The molecule has 0 spiro atoms. The summed E-state index contributed by atoms with van der Waals surface area (Å²) in [6.07, 6.45) is 5.19. The van der Waals surface area contributed by atoms with Gasteiger partial charge in [-0.1, -0.05) is 0 Å². The molecule has 1 saturated carbocycles. The highest BCUT2D eigenvalue weighted by molar-refractivity contribution is 7.17. The number of aromatic nitrogens is 3. The van der Waals surface area contributed by atoms with Crippen molar-refractivity contribution >= 4 is 38.3 Å². The number of thiophene rings is 1. The highest BCUT2D eigenvalue weighted by atomic mass is 32.1. The molecule has 4 N–H and O–H groups in total. The minimum Gasteiger partial charge on any atom is -0.393 e. The van der Waals surface area contributed by atoms with Gasteiger partial charge in [0.15, 0.2) is 0 Å². The van der Waals surface area contributed by atoms with Crippen LogP contribution in [0.3, 0.4) is 0 Å². The molecule has 1 aliphatic heterocycles. The molecule has 7 nitrogen and oxygen atoms in total. The van der Waals surface area contributed by atoms with Gasteiger partial charge in [-0.05, 0) is 80.3 Å². The summed E-state index contributed by atoms with van der Waals surface area (Å²) in [7, 11) is 2.17. The second kappa shape index (κ2) is 8.27. The fourth-order valence-electron chi connectivity index (χ4n) is 5.26. The quantitative estimate of drug-likeness (QED) is 0.370. The Kier molecular flexibility index (Phi) is 5.24. The van der Waals surface area contributed by atoms with Crippen molar-refractivity contribution in [1.82, 2.24) is 19.9 Å². The number of pyridine rings is 1. The van der Waals surface area contributed by atoms with Gasteiger partial charge in [0.05, 0.1) is 33.0 Å². The highest BCUT2D eigenvalue weighted by Gasteiger charge is 2.24. The SMILES string of the molecule is CN1CCc2cc3nc(-c4c(NC5CCC(O)CC5)c5sccc5[nH]c4=O)[nH]c3cc2CC1. The van der Waals surface area contributed by atoms with Crippen LogP contribution in [0.2, 0.25) is 0 Å². The molecule has 4 aromatic rings. The van der Waals surface area contributed by atoms with Crippen molar-refractivity contribution in [1.29, 1.82) is 0 Å². The average Bonchev–Trinajstić information content (AvgIpc) is 3.39. The minimum absolute atomic E-state index is 0.138. The van der Waals surface area contributed by atoms with Gasteiger partial charge in [0.25, 0.3) is 5.56 Å². The number of hydrogen-bond acceptors (Lipinski definition) is 6. The minimum atomic E-state index is -0.214. The van der Waals surface area contributed by atoms with Crippen molar-refractivity contribution in [2.75, 3.05) is 25.5 Å². The van der Waals surface area contributed by atoms with Crippen molar-refractivity contribution in [3.8, 4) is 11.4 Å². The maximum absolute atomic E-state index is 13.3. The first-order valence-electron chi connectivity index (χ1n) is 11.8. The van der Waals surface area contributed by atoms with Gasteiger partial charge in [0.2, 0.25) is 0 Å². The van der Waals surface area contributed by atoms with E-state index in [-0.39, 0.29) is 17.7 Å². The fourth-order valence-corrected chi connectivity index (χ4v) is 6.13. The van der Waals surface area contributed by atoms with Crippen molar-refractivity contribution in [3.05, 3.63) is 45.1 Å². The van der Waals surface area contributed by atoms with Gasteiger partial charge in [-0.25, -0.2) is 4.98 Å². The molecule has 1 fully saturated rings. The Morgan fingerprint density at radius 2 is 1.85 bits per heavy atom. The van der Waals surface area contributed by atoms with E-state index in [4.69, 9.17) is 4.98 Å². The number of benzene rings is 1. The molecule has 3 aromatic heterocycles. The molecule has 0 radical (unpaired) electrons. The third-order valence-corrected chi connectivity index (χ3v) is 8.16. The molecular weight excluding hydrogens is 434 g/mol. The average molecular weight is 464 g/mol. The van der Waals surface area contributed by atoms with Gasteiger partial charge >= 0.3 is 0 Å². The number of nitrogens with zero attached hydrogens (tertiary/aromatic N) is 2. The van der Waals surface area contributed by atoms with Crippen LogP contribution in [0.15, 0.2) is 28.4 Å². The van der Waals surface area contributed by atoms with Crippen LogP contribution < -0.4 is 10.9 Å². The van der Waals surface area contributed by atoms with Crippen LogP contribution in [-0.2, 0) is 12.8 Å². The molecule has 0 bridgehead atoms. The lowest BCUT2D eigenvalue weighted by Crippen LogP contribution is -2.29. The van der Waals surface area contributed by atoms with Crippen LogP contribution in [0.4, 0.5) is 5.69 Å². The summed E-state index contributed by atoms with van der Waals surface area (Å²) in [5.74, 6) is 0.608. The Bertz CT molecular complexity index is 1330. The number of fused-ring (bicyclic) bond motifs is 3. The van der Waals surface area contributed by atoms with Crippen molar-refractivity contribution in [2.24, 2.45) is 0 Å². The maximum atomic E-state index is 13.3. The normalized spacial score (nSPS) is 21.9. The molecule has 0 saturated heterocycles. The Morgan fingerprint density at radius 3 is 2.64 bits per heavy atom. The number of anilines is 1. The largest absolute Gasteiger partial charge is 0.393 e. The number of rotatable bonds is 3. The van der Waals surface area contributed by atoms with E-state index < -0.39 is 0 Å². The second-order valence-corrected chi connectivity index (χ2v) is 10.5. The van der Waals surface area contributed by atoms with E-state index >= 15 is 0 Å². The molecule has 1 aromatic carbocycles. The van der Waals surface area contributed by atoms with Crippen molar-refractivity contribution in [3.63, 3.8) is 0 Å². The lowest BCUT2D eigenvalue weighted by molar-refractivity contribution is 0.126. The standard InChI is InChI=1S/C25H29N5O2S/c1-30-9-6-14-12-19-20(13-15(14)7-10-30)28-24(27-19)21-22(26-16-2-4-17(31)5-3-16)23-18(8-11-33-23)29-25(21)32/h8,11-13,16-17,31H,2-7,9-10H2,1H3,(H,27,28)(H2,26,29,32). The smallest absolute Gasteiger partial charge is 0.261 e. The van der Waals surface area contributed by atoms with Crippen LogP contribution in [0, 0.1) is 0 Å². The van der Waals surface area contributed by atoms with E-state index in [1.54, 1.807) is 11.3 Å². The van der Waals surface area contributed by atoms with Gasteiger partial charge in [0.1, 0.15) is 11.4 Å². The van der Waals surface area contributed by atoms with Gasteiger partial charge < -0.3 is 25.3 Å². The van der Waals surface area contributed by atoms with Crippen LogP contribution in [0.5, 0.6) is 0 Å². The molecule has 2 aliphatic rings. The number of likely N-dealkylation sites (N-methyl/N-ethyl adjacent to an activating group) is 1. The van der Waals surface area contributed by atoms with Crippen molar-refractivity contribution in [2.45, 2.75) is 50.7 Å².